The van der Waals surface area contributed by atoms with Crippen molar-refractivity contribution in [3.63, 3.8) is 0 Å². The number of rotatable bonds is 10. The predicted octanol–water partition coefficient (Wildman–Crippen LogP) is 4.56. The van der Waals surface area contributed by atoms with E-state index in [2.05, 4.69) is 21.2 Å². The van der Waals surface area contributed by atoms with Crippen LogP contribution >= 0.6 is 27.5 Å². The molecule has 7 nitrogen and oxygen atoms in total. The van der Waals surface area contributed by atoms with Crippen molar-refractivity contribution in [2.75, 3.05) is 24.2 Å². The van der Waals surface area contributed by atoms with Gasteiger partial charge in [0, 0.05) is 29.5 Å². The summed E-state index contributed by atoms with van der Waals surface area (Å²) in [7, 11) is -2.32. The van der Waals surface area contributed by atoms with Crippen molar-refractivity contribution in [3.05, 3.63) is 99.0 Å². The van der Waals surface area contributed by atoms with E-state index >= 15 is 0 Å². The summed E-state index contributed by atoms with van der Waals surface area (Å²) in [5.41, 5.74) is 2.63. The molecule has 2 amide bonds. The summed E-state index contributed by atoms with van der Waals surface area (Å²) in [5, 5.41) is 3.12. The molecule has 0 saturated heterocycles. The number of carbonyl (C=O) groups excluding carboxylic acids is 2. The van der Waals surface area contributed by atoms with Crippen LogP contribution in [0.15, 0.2) is 77.3 Å². The van der Waals surface area contributed by atoms with Gasteiger partial charge >= 0.3 is 0 Å². The van der Waals surface area contributed by atoms with Crippen LogP contribution in [0.25, 0.3) is 0 Å². The highest BCUT2D eigenvalue weighted by atomic mass is 79.9. The second-order valence-electron chi connectivity index (χ2n) is 8.67. The Morgan fingerprint density at radius 3 is 2.22 bits per heavy atom. The van der Waals surface area contributed by atoms with E-state index in [0.29, 0.717) is 16.3 Å². The molecule has 0 aliphatic carbocycles. The molecular formula is C27H29BrClN3O4S. The molecule has 3 aromatic rings. The first-order chi connectivity index (χ1) is 17.5. The molecule has 3 rings (SSSR count). The quantitative estimate of drug-likeness (QED) is 0.367. The highest BCUT2D eigenvalue weighted by molar-refractivity contribution is 9.10. The second-order valence-corrected chi connectivity index (χ2v) is 11.9. The van der Waals surface area contributed by atoms with Gasteiger partial charge < -0.3 is 10.2 Å². The van der Waals surface area contributed by atoms with E-state index in [1.165, 1.54) is 11.9 Å². The van der Waals surface area contributed by atoms with E-state index in [4.69, 9.17) is 11.6 Å². The van der Waals surface area contributed by atoms with Gasteiger partial charge in [0.2, 0.25) is 21.8 Å². The topological polar surface area (TPSA) is 86.8 Å². The van der Waals surface area contributed by atoms with Crippen LogP contribution in [0.3, 0.4) is 0 Å². The molecule has 0 fully saturated rings. The summed E-state index contributed by atoms with van der Waals surface area (Å²) < 4.78 is 27.6. The third-order valence-corrected chi connectivity index (χ3v) is 7.78. The predicted molar refractivity (Wildman–Crippen MR) is 151 cm³/mol. The number of amides is 2. The minimum absolute atomic E-state index is 0.119. The lowest BCUT2D eigenvalue weighted by Gasteiger charge is -2.33. The van der Waals surface area contributed by atoms with Crippen molar-refractivity contribution >= 4 is 55.1 Å². The molecule has 37 heavy (non-hydrogen) atoms. The molecular weight excluding hydrogens is 578 g/mol. The number of benzene rings is 3. The van der Waals surface area contributed by atoms with Crippen LogP contribution in [0.4, 0.5) is 5.69 Å². The third-order valence-electron chi connectivity index (χ3n) is 5.89. The van der Waals surface area contributed by atoms with Crippen LogP contribution in [-0.2, 0) is 32.6 Å². The highest BCUT2D eigenvalue weighted by Gasteiger charge is 2.33. The van der Waals surface area contributed by atoms with Crippen molar-refractivity contribution in [2.45, 2.75) is 25.9 Å². The number of carbonyl (C=O) groups is 2. The smallest absolute Gasteiger partial charge is 0.244 e. The maximum absolute atomic E-state index is 13.9. The average Bonchev–Trinajstić information content (AvgIpc) is 2.85. The number of hydrogen-bond donors (Lipinski definition) is 1. The van der Waals surface area contributed by atoms with Crippen molar-refractivity contribution in [3.8, 4) is 0 Å². The van der Waals surface area contributed by atoms with Gasteiger partial charge in [0.25, 0.3) is 0 Å². The number of nitrogens with one attached hydrogen (secondary N) is 1. The first kappa shape index (κ1) is 28.7. The van der Waals surface area contributed by atoms with Crippen molar-refractivity contribution < 1.29 is 18.0 Å². The normalized spacial score (nSPS) is 12.0. The zero-order valence-corrected chi connectivity index (χ0v) is 24.0. The van der Waals surface area contributed by atoms with Crippen LogP contribution in [0.2, 0.25) is 5.02 Å². The molecule has 0 unspecified atom stereocenters. The van der Waals surface area contributed by atoms with Crippen molar-refractivity contribution in [1.82, 2.24) is 10.2 Å². The maximum atomic E-state index is 13.9. The molecule has 0 heterocycles. The van der Waals surface area contributed by atoms with Crippen LogP contribution in [0.5, 0.6) is 0 Å². The average molecular weight is 607 g/mol. The minimum Gasteiger partial charge on any atom is -0.357 e. The Morgan fingerprint density at radius 1 is 1.00 bits per heavy atom. The molecule has 1 atom stereocenters. The first-order valence-electron chi connectivity index (χ1n) is 11.5. The summed E-state index contributed by atoms with van der Waals surface area (Å²) >= 11 is 9.48. The lowest BCUT2D eigenvalue weighted by Crippen LogP contribution is -2.53. The van der Waals surface area contributed by atoms with Gasteiger partial charge in [0.1, 0.15) is 12.6 Å². The molecule has 0 spiro atoms. The van der Waals surface area contributed by atoms with E-state index in [-0.39, 0.29) is 18.9 Å². The third kappa shape index (κ3) is 7.80. The first-order valence-corrected chi connectivity index (χ1v) is 14.5. The SMILES string of the molecule is CNC(=O)[C@H](Cc1ccccc1)N(Cc1ccc(Br)cc1)C(=O)CN(c1ccc(Cl)cc1C)S(C)(=O)=O. The van der Waals surface area contributed by atoms with Gasteiger partial charge in [-0.25, -0.2) is 8.42 Å². The maximum Gasteiger partial charge on any atom is 0.244 e. The van der Waals surface area contributed by atoms with Crippen LogP contribution in [0, 0.1) is 6.92 Å². The highest BCUT2D eigenvalue weighted by Crippen LogP contribution is 2.26. The van der Waals surface area contributed by atoms with Gasteiger partial charge in [-0.05, 0) is 53.9 Å². The fraction of sp³-hybridized carbons (Fsp3) is 0.259. The van der Waals surface area contributed by atoms with E-state index < -0.39 is 28.5 Å². The number of hydrogen-bond acceptors (Lipinski definition) is 4. The molecule has 0 bridgehead atoms. The second kappa shape index (κ2) is 12.6. The van der Waals surface area contributed by atoms with Crippen molar-refractivity contribution in [1.29, 1.82) is 0 Å². The van der Waals surface area contributed by atoms with E-state index in [0.717, 1.165) is 26.2 Å². The number of anilines is 1. The zero-order chi connectivity index (χ0) is 27.2. The Hall–Kier alpha value is -2.88. The summed E-state index contributed by atoms with van der Waals surface area (Å²) in [6.07, 6.45) is 1.31. The van der Waals surface area contributed by atoms with Gasteiger partial charge in [-0.3, -0.25) is 13.9 Å². The Labute approximate surface area is 231 Å². The Morgan fingerprint density at radius 2 is 1.65 bits per heavy atom. The number of sulfonamides is 1. The van der Waals surface area contributed by atoms with Crippen LogP contribution in [-0.4, -0.2) is 51.0 Å². The van der Waals surface area contributed by atoms with Gasteiger partial charge in [-0.15, -0.1) is 0 Å². The van der Waals surface area contributed by atoms with Gasteiger partial charge in [-0.2, -0.15) is 0 Å². The summed E-state index contributed by atoms with van der Waals surface area (Å²) in [6, 6.07) is 20.7. The zero-order valence-electron chi connectivity index (χ0n) is 20.8. The Kier molecular flexibility index (Phi) is 9.75. The molecule has 0 saturated carbocycles. The van der Waals surface area contributed by atoms with Gasteiger partial charge in [0.05, 0.1) is 11.9 Å². The van der Waals surface area contributed by atoms with Crippen molar-refractivity contribution in [2.24, 2.45) is 0 Å². The van der Waals surface area contributed by atoms with Gasteiger partial charge in [0.15, 0.2) is 0 Å². The molecule has 1 N–H and O–H groups in total. The molecule has 0 aliphatic rings. The number of aryl methyl sites for hydroxylation is 1. The molecule has 3 aromatic carbocycles. The van der Waals surface area contributed by atoms with E-state index in [1.807, 2.05) is 54.6 Å². The minimum atomic E-state index is -3.83. The van der Waals surface area contributed by atoms with E-state index in [9.17, 15) is 18.0 Å². The fourth-order valence-electron chi connectivity index (χ4n) is 4.00. The number of halogens is 2. The molecule has 196 valence electrons. The lowest BCUT2D eigenvalue weighted by molar-refractivity contribution is -0.139. The largest absolute Gasteiger partial charge is 0.357 e. The summed E-state index contributed by atoms with van der Waals surface area (Å²) in [6.45, 7) is 1.38. The van der Waals surface area contributed by atoms with Gasteiger partial charge in [-0.1, -0.05) is 70.0 Å². The summed E-state index contributed by atoms with van der Waals surface area (Å²) in [5.74, 6) is -0.852. The number of likely N-dealkylation sites (N-methyl/N-ethyl adjacent to an activating group) is 1. The molecule has 0 radical (unpaired) electrons. The number of nitrogens with zero attached hydrogens (tertiary/aromatic N) is 2. The van der Waals surface area contributed by atoms with Crippen LogP contribution < -0.4 is 9.62 Å². The molecule has 0 aliphatic heterocycles. The lowest BCUT2D eigenvalue weighted by atomic mass is 10.0. The Bertz CT molecular complexity index is 1350. The Balaban J connectivity index is 2.04. The molecule has 0 aromatic heterocycles. The fourth-order valence-corrected chi connectivity index (χ4v) is 5.40. The summed E-state index contributed by atoms with van der Waals surface area (Å²) in [4.78, 5) is 28.4. The van der Waals surface area contributed by atoms with Crippen LogP contribution in [0.1, 0.15) is 16.7 Å². The monoisotopic (exact) mass is 605 g/mol. The standard InChI is InChI=1S/C27H29BrClN3O4S/c1-19-15-23(29)13-14-24(19)32(37(3,35)36)18-26(33)31(17-21-9-11-22(28)12-10-21)25(27(34)30-2)16-20-7-5-4-6-8-20/h4-15,25H,16-18H2,1-3H3,(H,30,34)/t25-/m0/s1. The molecule has 10 heteroatoms. The van der Waals surface area contributed by atoms with E-state index in [1.54, 1.807) is 25.1 Å².